The summed E-state index contributed by atoms with van der Waals surface area (Å²) in [4.78, 5) is 33.4. The normalized spacial score (nSPS) is 16.2. The molecule has 1 aliphatic heterocycles. The van der Waals surface area contributed by atoms with Gasteiger partial charge in [-0.15, -0.1) is 10.2 Å². The lowest BCUT2D eigenvalue weighted by Crippen LogP contribution is -2.29. The Kier molecular flexibility index (Phi) is 9.20. The van der Waals surface area contributed by atoms with Gasteiger partial charge in [-0.05, 0) is 60.9 Å². The summed E-state index contributed by atoms with van der Waals surface area (Å²) < 4.78 is 8.35. The average molecular weight is 660 g/mol. The zero-order chi connectivity index (χ0) is 31.5. The molecule has 4 heterocycles. The molecule has 1 aliphatic rings. The number of rotatable bonds is 11. The number of fused-ring (bicyclic) bond motifs is 1. The summed E-state index contributed by atoms with van der Waals surface area (Å²) in [7, 11) is 0. The van der Waals surface area contributed by atoms with E-state index >= 15 is 0 Å². The quantitative estimate of drug-likeness (QED) is 0.0385. The number of Topliss-reactive ketones (excluding diaryl/α,β-unsaturated/α-hetero) is 1. The third kappa shape index (κ3) is 6.33. The van der Waals surface area contributed by atoms with E-state index in [0.29, 0.717) is 50.1 Å². The van der Waals surface area contributed by atoms with Gasteiger partial charge < -0.3 is 9.84 Å². The Bertz CT molecular complexity index is 1900. The van der Waals surface area contributed by atoms with E-state index in [2.05, 4.69) is 22.1 Å². The van der Waals surface area contributed by atoms with Crippen LogP contribution in [0.4, 0.5) is 5.13 Å². The number of hydrogen-bond acceptors (Lipinski definition) is 9. The largest absolute Gasteiger partial charge is 0.505 e. The molecule has 0 spiro atoms. The number of unbranched alkanes of at least 4 members (excludes halogenated alkanes) is 2. The predicted octanol–water partition coefficient (Wildman–Crippen LogP) is 7.64. The van der Waals surface area contributed by atoms with Crippen molar-refractivity contribution in [1.82, 2.24) is 19.6 Å². The molecule has 0 saturated carbocycles. The molecule has 12 heteroatoms. The van der Waals surface area contributed by atoms with Crippen LogP contribution < -0.4 is 9.64 Å². The minimum atomic E-state index is -0.972. The van der Waals surface area contributed by atoms with E-state index in [9.17, 15) is 14.7 Å². The number of carbonyl (C=O) groups is 2. The highest BCUT2D eigenvalue weighted by molar-refractivity contribution is 8.00. The number of carbonyl (C=O) groups excluding carboxylic acids is 2. The molecule has 9 nitrogen and oxygen atoms in total. The highest BCUT2D eigenvalue weighted by Crippen LogP contribution is 2.45. The van der Waals surface area contributed by atoms with E-state index < -0.39 is 17.7 Å². The molecule has 2 aromatic carbocycles. The number of imidazole rings is 1. The Morgan fingerprint density at radius 2 is 1.89 bits per heavy atom. The summed E-state index contributed by atoms with van der Waals surface area (Å²) >= 11 is 8.70. The van der Waals surface area contributed by atoms with Crippen LogP contribution in [0.1, 0.15) is 54.7 Å². The SMILES string of the molecule is CCCCCOc1cccc(C2/C(=C(\O)c3c(C)nc4ccccn34)C(=O)C(=O)N2c2nnc(SCc3ccc(Cl)cc3)s2)c1. The molecule has 1 saturated heterocycles. The molecule has 5 aromatic rings. The van der Waals surface area contributed by atoms with Crippen molar-refractivity contribution in [3.05, 3.63) is 106 Å². The van der Waals surface area contributed by atoms with Crippen molar-refractivity contribution >= 4 is 62.9 Å². The van der Waals surface area contributed by atoms with Crippen LogP contribution in [0.25, 0.3) is 11.4 Å². The number of ether oxygens (including phenoxy) is 1. The van der Waals surface area contributed by atoms with Gasteiger partial charge >= 0.3 is 5.91 Å². The number of pyridine rings is 1. The van der Waals surface area contributed by atoms with E-state index in [-0.39, 0.29) is 16.5 Å². The zero-order valence-corrected chi connectivity index (χ0v) is 27.0. The second-order valence-electron chi connectivity index (χ2n) is 10.5. The maximum absolute atomic E-state index is 13.8. The first kappa shape index (κ1) is 30.8. The molecule has 1 unspecified atom stereocenters. The van der Waals surface area contributed by atoms with Crippen LogP contribution in [-0.2, 0) is 15.3 Å². The molecule has 0 aliphatic carbocycles. The molecule has 1 atom stereocenters. The summed E-state index contributed by atoms with van der Waals surface area (Å²) in [6, 6.07) is 19.3. The van der Waals surface area contributed by atoms with Gasteiger partial charge in [0.2, 0.25) is 5.13 Å². The first-order chi connectivity index (χ1) is 21.9. The van der Waals surface area contributed by atoms with Crippen molar-refractivity contribution in [3.8, 4) is 5.75 Å². The molecule has 1 fully saturated rings. The lowest BCUT2D eigenvalue weighted by atomic mass is 9.96. The Hall–Kier alpha value is -4.19. The van der Waals surface area contributed by atoms with E-state index in [1.54, 1.807) is 23.6 Å². The fraction of sp³-hybridized carbons (Fsp3) is 0.242. The van der Waals surface area contributed by atoms with Crippen molar-refractivity contribution < 1.29 is 19.4 Å². The molecule has 3 aromatic heterocycles. The second-order valence-corrected chi connectivity index (χ2v) is 13.2. The van der Waals surface area contributed by atoms with Crippen molar-refractivity contribution in [2.75, 3.05) is 11.5 Å². The highest BCUT2D eigenvalue weighted by Gasteiger charge is 2.49. The topological polar surface area (TPSA) is 110 Å². The van der Waals surface area contributed by atoms with Crippen molar-refractivity contribution in [1.29, 1.82) is 0 Å². The number of aromatic nitrogens is 4. The molecular formula is C33H30ClN5O4S2. The smallest absolute Gasteiger partial charge is 0.301 e. The molecular weight excluding hydrogens is 630 g/mol. The van der Waals surface area contributed by atoms with Gasteiger partial charge in [-0.3, -0.25) is 18.9 Å². The van der Waals surface area contributed by atoms with Gasteiger partial charge in [-0.1, -0.05) is 84.8 Å². The van der Waals surface area contributed by atoms with Crippen LogP contribution >= 0.6 is 34.7 Å². The highest BCUT2D eigenvalue weighted by atomic mass is 35.5. The third-order valence-corrected chi connectivity index (χ3v) is 9.82. The van der Waals surface area contributed by atoms with E-state index in [1.807, 2.05) is 60.7 Å². The van der Waals surface area contributed by atoms with Crippen LogP contribution in [0.3, 0.4) is 0 Å². The zero-order valence-electron chi connectivity index (χ0n) is 24.6. The lowest BCUT2D eigenvalue weighted by Gasteiger charge is -2.23. The lowest BCUT2D eigenvalue weighted by molar-refractivity contribution is -0.132. The van der Waals surface area contributed by atoms with Crippen LogP contribution in [0.5, 0.6) is 5.75 Å². The Morgan fingerprint density at radius 1 is 1.07 bits per heavy atom. The molecule has 0 bridgehead atoms. The minimum Gasteiger partial charge on any atom is -0.505 e. The molecule has 230 valence electrons. The van der Waals surface area contributed by atoms with E-state index in [0.717, 1.165) is 24.8 Å². The Labute approximate surface area is 273 Å². The fourth-order valence-corrected chi connectivity index (χ4v) is 7.22. The summed E-state index contributed by atoms with van der Waals surface area (Å²) in [5.74, 6) is -0.695. The Balaban J connectivity index is 1.41. The maximum Gasteiger partial charge on any atom is 0.301 e. The summed E-state index contributed by atoms with van der Waals surface area (Å²) in [5, 5.41) is 21.4. The van der Waals surface area contributed by atoms with Gasteiger partial charge in [0.15, 0.2) is 10.1 Å². The Morgan fingerprint density at radius 3 is 2.69 bits per heavy atom. The molecule has 6 rings (SSSR count). The van der Waals surface area contributed by atoms with Crippen LogP contribution in [0, 0.1) is 6.92 Å². The molecule has 0 radical (unpaired) electrons. The summed E-state index contributed by atoms with van der Waals surface area (Å²) in [5.41, 5.74) is 3.07. The number of nitrogens with zero attached hydrogens (tertiary/aromatic N) is 5. The van der Waals surface area contributed by atoms with Gasteiger partial charge in [-0.2, -0.15) is 0 Å². The monoisotopic (exact) mass is 659 g/mol. The van der Waals surface area contributed by atoms with Crippen LogP contribution in [-0.4, -0.2) is 43.0 Å². The number of hydrogen-bond donors (Lipinski definition) is 1. The second kappa shape index (κ2) is 13.4. The summed E-state index contributed by atoms with van der Waals surface area (Å²) in [6.45, 7) is 4.43. The van der Waals surface area contributed by atoms with Crippen LogP contribution in [0.2, 0.25) is 5.02 Å². The number of halogens is 1. The average Bonchev–Trinajstić information content (AvgIpc) is 3.72. The first-order valence-corrected chi connectivity index (χ1v) is 16.7. The van der Waals surface area contributed by atoms with Gasteiger partial charge in [0, 0.05) is 17.0 Å². The number of anilines is 1. The summed E-state index contributed by atoms with van der Waals surface area (Å²) in [6.07, 6.45) is 4.79. The molecule has 45 heavy (non-hydrogen) atoms. The fourth-order valence-electron chi connectivity index (χ4n) is 5.27. The first-order valence-electron chi connectivity index (χ1n) is 14.5. The number of aliphatic hydroxyl groups is 1. The van der Waals surface area contributed by atoms with Crippen molar-refractivity contribution in [2.45, 2.75) is 49.2 Å². The number of aryl methyl sites for hydroxylation is 1. The number of benzene rings is 2. The number of amides is 1. The van der Waals surface area contributed by atoms with E-state index in [1.165, 1.54) is 28.0 Å². The number of thioether (sulfide) groups is 1. The molecule has 1 N–H and O–H groups in total. The molecule has 1 amide bonds. The third-order valence-electron chi connectivity index (χ3n) is 7.44. The van der Waals surface area contributed by atoms with Crippen molar-refractivity contribution in [2.24, 2.45) is 0 Å². The predicted molar refractivity (Wildman–Crippen MR) is 177 cm³/mol. The minimum absolute atomic E-state index is 0.0533. The van der Waals surface area contributed by atoms with Gasteiger partial charge in [-0.25, -0.2) is 4.98 Å². The standard InChI is InChI=1S/C33H30ClN5O4S2/c1-3-4-7-17-43-24-10-8-9-22(18-24)28-26(29(40)27-20(2)35-25-11-5-6-16-38(25)27)30(41)31(42)39(28)32-36-37-33(45-32)44-19-21-12-14-23(34)15-13-21/h5-6,8-16,18,28,40H,3-4,7,17,19H2,1-2H3/b29-26+. The van der Waals surface area contributed by atoms with Gasteiger partial charge in [0.1, 0.15) is 17.1 Å². The van der Waals surface area contributed by atoms with Crippen LogP contribution in [0.15, 0.2) is 82.8 Å². The number of ketones is 1. The van der Waals surface area contributed by atoms with E-state index in [4.69, 9.17) is 16.3 Å². The van der Waals surface area contributed by atoms with Gasteiger partial charge in [0.05, 0.1) is 23.9 Å². The van der Waals surface area contributed by atoms with Gasteiger partial charge in [0.25, 0.3) is 5.78 Å². The maximum atomic E-state index is 13.8. The van der Waals surface area contributed by atoms with Crippen molar-refractivity contribution in [3.63, 3.8) is 0 Å². The number of aliphatic hydroxyl groups excluding tert-OH is 1.